The third-order valence-electron chi connectivity index (χ3n) is 1.25. The molecule has 0 bridgehead atoms. The summed E-state index contributed by atoms with van der Waals surface area (Å²) in [5, 5.41) is 10.9. The van der Waals surface area contributed by atoms with E-state index in [9.17, 15) is 5.21 Å². The van der Waals surface area contributed by atoms with Gasteiger partial charge in [0.1, 0.15) is 5.69 Å². The minimum Gasteiger partial charge on any atom is -0.629 e. The van der Waals surface area contributed by atoms with Gasteiger partial charge in [-0.15, -0.1) is 0 Å². The quantitative estimate of drug-likeness (QED) is 0.582. The van der Waals surface area contributed by atoms with E-state index >= 15 is 0 Å². The highest BCUT2D eigenvalue weighted by molar-refractivity contribution is 14.1. The number of hydrogen-bond acceptors (Lipinski definition) is 1. The predicted octanol–water partition coefficient (Wildman–Crippen LogP) is 0.935. The monoisotopic (exact) mass is 249 g/mol. The summed E-state index contributed by atoms with van der Waals surface area (Å²) in [6.07, 6.45) is 0. The molecule has 1 rings (SSSR count). The van der Waals surface area contributed by atoms with Gasteiger partial charge in [0, 0.05) is 15.7 Å². The minimum atomic E-state index is 0.122. The maximum atomic E-state index is 10.8. The van der Waals surface area contributed by atoms with Gasteiger partial charge in [0.25, 0.3) is 0 Å². The lowest BCUT2D eigenvalue weighted by Gasteiger charge is -2.14. The first-order valence-electron chi connectivity index (χ1n) is 2.96. The first-order valence-corrected chi connectivity index (χ1v) is 4.04. The van der Waals surface area contributed by atoms with Crippen molar-refractivity contribution in [2.75, 3.05) is 7.05 Å². The molecule has 3 heteroatoms. The van der Waals surface area contributed by atoms with Gasteiger partial charge in [-0.2, -0.15) is 0 Å². The molecule has 0 heterocycles. The van der Waals surface area contributed by atoms with Gasteiger partial charge in [0.05, 0.1) is 7.05 Å². The van der Waals surface area contributed by atoms with E-state index in [-0.39, 0.29) is 5.06 Å². The average Bonchev–Trinajstić information content (AvgIpc) is 1.88. The summed E-state index contributed by atoms with van der Waals surface area (Å²) >= 11 is 2.21. The van der Waals surface area contributed by atoms with E-state index in [2.05, 4.69) is 22.6 Å². The van der Waals surface area contributed by atoms with Crippen LogP contribution in [0.5, 0.6) is 0 Å². The molecule has 0 spiro atoms. The highest BCUT2D eigenvalue weighted by Crippen LogP contribution is 2.06. The van der Waals surface area contributed by atoms with Gasteiger partial charge in [-0.1, -0.05) is 0 Å². The summed E-state index contributed by atoms with van der Waals surface area (Å²) in [6, 6.07) is 7.53. The molecule has 1 atom stereocenters. The van der Waals surface area contributed by atoms with Crippen LogP contribution in [0.2, 0.25) is 0 Å². The van der Waals surface area contributed by atoms with Crippen molar-refractivity contribution in [3.8, 4) is 0 Å². The van der Waals surface area contributed by atoms with Crippen LogP contribution in [0, 0.1) is 8.78 Å². The van der Waals surface area contributed by atoms with E-state index in [4.69, 9.17) is 0 Å². The first-order chi connectivity index (χ1) is 4.70. The fraction of sp³-hybridized carbons (Fsp3) is 0.143. The third kappa shape index (κ3) is 1.93. The third-order valence-corrected chi connectivity index (χ3v) is 1.97. The number of quaternary nitrogens is 1. The van der Waals surface area contributed by atoms with E-state index < -0.39 is 0 Å². The molecular formula is C7H8INO. The van der Waals surface area contributed by atoms with Crippen LogP contribution in [0.15, 0.2) is 24.3 Å². The lowest BCUT2D eigenvalue weighted by Crippen LogP contribution is -2.98. The zero-order valence-corrected chi connectivity index (χ0v) is 7.75. The van der Waals surface area contributed by atoms with Gasteiger partial charge in [0.2, 0.25) is 0 Å². The second-order valence-corrected chi connectivity index (χ2v) is 3.31. The van der Waals surface area contributed by atoms with Crippen LogP contribution in [0.4, 0.5) is 5.69 Å². The summed E-state index contributed by atoms with van der Waals surface area (Å²) in [5.74, 6) is 0. The molecule has 1 N–H and O–H groups in total. The van der Waals surface area contributed by atoms with E-state index in [0.717, 1.165) is 9.26 Å². The van der Waals surface area contributed by atoms with Crippen molar-refractivity contribution in [1.82, 2.24) is 0 Å². The fourth-order valence-corrected chi connectivity index (χ4v) is 1.04. The summed E-state index contributed by atoms with van der Waals surface area (Å²) in [6.45, 7) is 0. The zero-order chi connectivity index (χ0) is 7.56. The van der Waals surface area contributed by atoms with Crippen molar-refractivity contribution in [3.63, 3.8) is 0 Å². The van der Waals surface area contributed by atoms with Crippen molar-refractivity contribution >= 4 is 28.3 Å². The molecular weight excluding hydrogens is 241 g/mol. The van der Waals surface area contributed by atoms with E-state index in [1.807, 2.05) is 24.3 Å². The number of halogens is 1. The smallest absolute Gasteiger partial charge is 0.131 e. The van der Waals surface area contributed by atoms with Gasteiger partial charge in [0.15, 0.2) is 0 Å². The van der Waals surface area contributed by atoms with Crippen LogP contribution in [0.25, 0.3) is 0 Å². The van der Waals surface area contributed by atoms with Crippen LogP contribution in [0.3, 0.4) is 0 Å². The molecule has 1 unspecified atom stereocenters. The number of hydroxylamine groups is 1. The average molecular weight is 249 g/mol. The molecule has 0 aliphatic rings. The number of benzene rings is 1. The Kier molecular flexibility index (Phi) is 2.64. The maximum absolute atomic E-state index is 10.8. The Bertz CT molecular complexity index is 207. The molecule has 0 fully saturated rings. The predicted molar refractivity (Wildman–Crippen MR) is 49.1 cm³/mol. The molecule has 2 nitrogen and oxygen atoms in total. The van der Waals surface area contributed by atoms with Crippen LogP contribution < -0.4 is 5.06 Å². The molecule has 10 heavy (non-hydrogen) atoms. The first kappa shape index (κ1) is 7.97. The van der Waals surface area contributed by atoms with Crippen LogP contribution in [0.1, 0.15) is 0 Å². The Labute approximate surface area is 73.6 Å². The van der Waals surface area contributed by atoms with Crippen molar-refractivity contribution < 1.29 is 5.06 Å². The molecule has 0 saturated carbocycles. The highest BCUT2D eigenvalue weighted by atomic mass is 127. The molecule has 0 radical (unpaired) electrons. The topological polar surface area (TPSA) is 27.5 Å². The molecule has 0 aliphatic heterocycles. The highest BCUT2D eigenvalue weighted by Gasteiger charge is 1.93. The lowest BCUT2D eigenvalue weighted by atomic mass is 10.3. The molecule has 0 aliphatic carbocycles. The number of nitrogens with one attached hydrogen (secondary N) is 1. The molecule has 0 aromatic heterocycles. The second-order valence-electron chi connectivity index (χ2n) is 2.06. The van der Waals surface area contributed by atoms with Crippen molar-refractivity contribution in [1.29, 1.82) is 0 Å². The minimum absolute atomic E-state index is 0.122. The van der Waals surface area contributed by atoms with Crippen molar-refractivity contribution in [3.05, 3.63) is 33.0 Å². The Morgan fingerprint density at radius 3 is 2.20 bits per heavy atom. The fourth-order valence-electron chi connectivity index (χ4n) is 0.685. The molecule has 1 aromatic carbocycles. The van der Waals surface area contributed by atoms with Gasteiger partial charge in [-0.25, -0.2) is 0 Å². The molecule has 0 saturated heterocycles. The maximum Gasteiger partial charge on any atom is 0.131 e. The Balaban J connectivity index is 2.89. The summed E-state index contributed by atoms with van der Waals surface area (Å²) in [5.41, 5.74) is 0.778. The summed E-state index contributed by atoms with van der Waals surface area (Å²) in [7, 11) is 1.57. The lowest BCUT2D eigenvalue weighted by molar-refractivity contribution is -0.751. The summed E-state index contributed by atoms with van der Waals surface area (Å²) < 4.78 is 1.16. The van der Waals surface area contributed by atoms with Crippen LogP contribution >= 0.6 is 22.6 Å². The van der Waals surface area contributed by atoms with Crippen molar-refractivity contribution in [2.24, 2.45) is 0 Å². The number of rotatable bonds is 1. The molecule has 1 aromatic rings. The largest absolute Gasteiger partial charge is 0.629 e. The van der Waals surface area contributed by atoms with Crippen LogP contribution in [-0.4, -0.2) is 7.05 Å². The number of hydrogen-bond donors (Lipinski definition) is 1. The van der Waals surface area contributed by atoms with Gasteiger partial charge >= 0.3 is 0 Å². The van der Waals surface area contributed by atoms with E-state index in [0.29, 0.717) is 0 Å². The van der Waals surface area contributed by atoms with Gasteiger partial charge in [-0.05, 0) is 34.7 Å². The summed E-state index contributed by atoms with van der Waals surface area (Å²) in [4.78, 5) is 0. The zero-order valence-electron chi connectivity index (χ0n) is 5.60. The molecule has 54 valence electrons. The van der Waals surface area contributed by atoms with E-state index in [1.165, 1.54) is 0 Å². The Morgan fingerprint density at radius 1 is 1.30 bits per heavy atom. The molecule has 0 amide bonds. The standard InChI is InChI=1S/C7H8INO/c1-9(10)7-4-2-6(8)3-5-7/h2-5,9H,1H3. The van der Waals surface area contributed by atoms with E-state index in [1.54, 1.807) is 7.05 Å². The normalized spacial score (nSPS) is 13.1. The Hall–Kier alpha value is -0.130. The second kappa shape index (κ2) is 3.32. The SMILES string of the molecule is C[NH+]([O-])c1ccc(I)cc1. The van der Waals surface area contributed by atoms with Gasteiger partial charge in [-0.3, -0.25) is 0 Å². The van der Waals surface area contributed by atoms with Crippen molar-refractivity contribution in [2.45, 2.75) is 0 Å². The van der Waals surface area contributed by atoms with Crippen LogP contribution in [-0.2, 0) is 0 Å². The van der Waals surface area contributed by atoms with Gasteiger partial charge < -0.3 is 10.3 Å². The Morgan fingerprint density at radius 2 is 1.80 bits per heavy atom.